The standard InChI is InChI=1S/C43H62F3N5O6/c1-24-34-18-29(42(34,3)4)19-35(24)49-41(55)38-37(25(2)53)36(23-52)57-51(38)21-26-11-10-13-33(39(26)56-7)27-15-28(17-30(16-27)43(44,45)46)40(54)48-32(22-50(5)6)20-31-12-8-9-14-47-31/h10-11,13,15-17,24-25,29,31-32,34-38,47,52-53H,8-9,12,14,18-23H2,1-7H3,(H,48,54)(H,49,55)/t24-,25-,29+,31?,32-,34-,35-,36-,37+,38-/m0/s1. The number of likely N-dealkylation sites (N-methyl/N-ethyl adjacent to an activating group) is 1. The Morgan fingerprint density at radius 1 is 1.16 bits per heavy atom. The first-order chi connectivity index (χ1) is 26.9. The topological polar surface area (TPSA) is 136 Å². The number of amides is 2. The first kappa shape index (κ1) is 43.3. The maximum Gasteiger partial charge on any atom is 0.416 e. The van der Waals surface area contributed by atoms with Gasteiger partial charge in [-0.05, 0) is 107 Å². The zero-order valence-electron chi connectivity index (χ0n) is 34.4. The highest BCUT2D eigenvalue weighted by Gasteiger charge is 2.57. The smallest absolute Gasteiger partial charge is 0.416 e. The Morgan fingerprint density at radius 3 is 2.51 bits per heavy atom. The molecule has 5 aliphatic rings. The fourth-order valence-corrected chi connectivity index (χ4v) is 10.3. The number of hydrogen-bond acceptors (Lipinski definition) is 9. The number of nitrogens with zero attached hydrogens (tertiary/aromatic N) is 2. The second-order valence-corrected chi connectivity index (χ2v) is 17.8. The zero-order valence-corrected chi connectivity index (χ0v) is 34.4. The van der Waals surface area contributed by atoms with E-state index in [1.54, 1.807) is 25.1 Å². The summed E-state index contributed by atoms with van der Waals surface area (Å²) in [6, 6.07) is 7.26. The molecule has 5 fully saturated rings. The molecule has 57 heavy (non-hydrogen) atoms. The SMILES string of the molecule is COc1c(CN2O[C@@H](CO)[C@@H]([C@H](C)O)[C@H]2C(=O)N[C@H]2C[C@H]3C[C@@H]([C@@H]2C)C3(C)C)cccc1-c1cc(C(=O)N[C@@H](CC2CCCCN2)CN(C)C)cc(C(F)(F)F)c1. The quantitative estimate of drug-likeness (QED) is 0.174. The molecule has 2 aromatic carbocycles. The number of piperidine rings is 1. The highest BCUT2D eigenvalue weighted by atomic mass is 19.4. The van der Waals surface area contributed by atoms with Crippen molar-refractivity contribution in [3.05, 3.63) is 53.1 Å². The van der Waals surface area contributed by atoms with Crippen LogP contribution >= 0.6 is 0 Å². The van der Waals surface area contributed by atoms with Gasteiger partial charge in [-0.2, -0.15) is 18.2 Å². The van der Waals surface area contributed by atoms with Crippen molar-refractivity contribution in [2.45, 2.75) is 115 Å². The van der Waals surface area contributed by atoms with E-state index in [9.17, 15) is 33.0 Å². The minimum Gasteiger partial charge on any atom is -0.496 e. The molecule has 3 aliphatic carbocycles. The van der Waals surface area contributed by atoms with Gasteiger partial charge in [-0.15, -0.1) is 0 Å². The van der Waals surface area contributed by atoms with E-state index in [4.69, 9.17) is 9.57 Å². The number of rotatable bonds is 14. The third kappa shape index (κ3) is 9.31. The van der Waals surface area contributed by atoms with Crippen molar-refractivity contribution < 1.29 is 42.5 Å². The maximum absolute atomic E-state index is 14.5. The molecule has 10 atom stereocenters. The molecular formula is C43H62F3N5O6. The molecule has 2 bridgehead atoms. The summed E-state index contributed by atoms with van der Waals surface area (Å²) in [6.45, 7) is 9.26. The number of ether oxygens (including phenoxy) is 1. The van der Waals surface area contributed by atoms with E-state index < -0.39 is 48.4 Å². The first-order valence-electron chi connectivity index (χ1n) is 20.5. The van der Waals surface area contributed by atoms with E-state index in [1.807, 2.05) is 19.0 Å². The van der Waals surface area contributed by atoms with Gasteiger partial charge in [-0.25, -0.2) is 0 Å². The second-order valence-electron chi connectivity index (χ2n) is 17.8. The molecule has 14 heteroatoms. The van der Waals surface area contributed by atoms with Gasteiger partial charge in [-0.3, -0.25) is 14.4 Å². The van der Waals surface area contributed by atoms with Gasteiger partial charge in [0.25, 0.3) is 5.91 Å². The lowest BCUT2D eigenvalue weighted by Crippen LogP contribution is -2.62. The molecule has 2 amide bonds. The van der Waals surface area contributed by atoms with Gasteiger partial charge in [0.2, 0.25) is 5.91 Å². The number of halogens is 3. The molecule has 11 nitrogen and oxygen atoms in total. The summed E-state index contributed by atoms with van der Waals surface area (Å²) < 4.78 is 49.3. The summed E-state index contributed by atoms with van der Waals surface area (Å²) in [5.41, 5.74) is 0.0649. The number of carbonyl (C=O) groups is 2. The number of hydroxylamine groups is 2. The summed E-state index contributed by atoms with van der Waals surface area (Å²) in [4.78, 5) is 36.2. The molecule has 2 heterocycles. The number of benzene rings is 2. The Balaban J connectivity index is 1.29. The van der Waals surface area contributed by atoms with Crippen LogP contribution in [0, 0.1) is 29.1 Å². The van der Waals surface area contributed by atoms with Gasteiger partial charge in [0.05, 0.1) is 31.9 Å². The van der Waals surface area contributed by atoms with Crippen molar-refractivity contribution in [1.29, 1.82) is 0 Å². The average Bonchev–Trinajstić information content (AvgIpc) is 3.53. The van der Waals surface area contributed by atoms with E-state index in [0.717, 1.165) is 50.8 Å². The second kappa shape index (κ2) is 17.5. The van der Waals surface area contributed by atoms with Gasteiger partial charge in [-0.1, -0.05) is 45.4 Å². The fraction of sp³-hybridized carbons (Fsp3) is 0.674. The molecule has 2 saturated heterocycles. The van der Waals surface area contributed by atoms with Crippen molar-refractivity contribution in [3.8, 4) is 16.9 Å². The van der Waals surface area contributed by atoms with Crippen LogP contribution in [0.4, 0.5) is 13.2 Å². The predicted octanol–water partition coefficient (Wildman–Crippen LogP) is 5.23. The summed E-state index contributed by atoms with van der Waals surface area (Å²) in [7, 11) is 5.20. The fourth-order valence-electron chi connectivity index (χ4n) is 10.3. The Kier molecular flexibility index (Phi) is 13.3. The van der Waals surface area contributed by atoms with Gasteiger partial charge < -0.3 is 35.8 Å². The molecule has 316 valence electrons. The van der Waals surface area contributed by atoms with Gasteiger partial charge in [0, 0.05) is 47.3 Å². The third-order valence-corrected chi connectivity index (χ3v) is 13.4. The Bertz CT molecular complexity index is 1730. The number of para-hydroxylation sites is 1. The highest BCUT2D eigenvalue weighted by molar-refractivity contribution is 5.96. The maximum atomic E-state index is 14.5. The van der Waals surface area contributed by atoms with Crippen molar-refractivity contribution in [3.63, 3.8) is 0 Å². The molecule has 5 N–H and O–H groups in total. The van der Waals surface area contributed by atoms with E-state index in [0.29, 0.717) is 35.9 Å². The highest BCUT2D eigenvalue weighted by Crippen LogP contribution is 2.61. The van der Waals surface area contributed by atoms with Crippen LogP contribution in [0.25, 0.3) is 11.1 Å². The van der Waals surface area contributed by atoms with Crippen LogP contribution in [-0.2, 0) is 22.4 Å². The summed E-state index contributed by atoms with van der Waals surface area (Å²) >= 11 is 0. The van der Waals surface area contributed by atoms with E-state index >= 15 is 0 Å². The van der Waals surface area contributed by atoms with Crippen LogP contribution in [0.15, 0.2) is 36.4 Å². The lowest BCUT2D eigenvalue weighted by molar-refractivity contribution is -0.183. The van der Waals surface area contributed by atoms with Crippen LogP contribution in [0.1, 0.15) is 87.7 Å². The van der Waals surface area contributed by atoms with Crippen molar-refractivity contribution >= 4 is 11.8 Å². The number of fused-ring (bicyclic) bond motifs is 2. The molecule has 0 spiro atoms. The number of carbonyl (C=O) groups excluding carboxylic acids is 2. The molecule has 2 aliphatic heterocycles. The lowest BCUT2D eigenvalue weighted by Gasteiger charge is -2.62. The average molecular weight is 802 g/mol. The summed E-state index contributed by atoms with van der Waals surface area (Å²) in [5.74, 6) is -0.191. The van der Waals surface area contributed by atoms with Crippen LogP contribution in [0.5, 0.6) is 5.75 Å². The third-order valence-electron chi connectivity index (χ3n) is 13.4. The normalized spacial score (nSPS) is 29.7. The Labute approximate surface area is 335 Å². The molecule has 1 unspecified atom stereocenters. The summed E-state index contributed by atoms with van der Waals surface area (Å²) in [6.07, 6.45) is -0.830. The molecule has 7 rings (SSSR count). The Morgan fingerprint density at radius 2 is 1.91 bits per heavy atom. The Hall–Kier alpha value is -3.27. The zero-order chi connectivity index (χ0) is 41.4. The first-order valence-corrected chi connectivity index (χ1v) is 20.5. The minimum atomic E-state index is -4.74. The molecule has 0 aromatic heterocycles. The van der Waals surface area contributed by atoms with Gasteiger partial charge >= 0.3 is 6.18 Å². The minimum absolute atomic E-state index is 0.0406. The number of alkyl halides is 3. The van der Waals surface area contributed by atoms with Gasteiger partial charge in [0.15, 0.2) is 0 Å². The monoisotopic (exact) mass is 801 g/mol. The van der Waals surface area contributed by atoms with Crippen LogP contribution in [0.3, 0.4) is 0 Å². The van der Waals surface area contributed by atoms with Crippen LogP contribution < -0.4 is 20.7 Å². The van der Waals surface area contributed by atoms with E-state index in [1.165, 1.54) is 18.2 Å². The van der Waals surface area contributed by atoms with Crippen molar-refractivity contribution in [2.24, 2.45) is 29.1 Å². The van der Waals surface area contributed by atoms with Gasteiger partial charge in [0.1, 0.15) is 17.9 Å². The van der Waals surface area contributed by atoms with Crippen molar-refractivity contribution in [2.75, 3.05) is 40.9 Å². The van der Waals surface area contributed by atoms with Crippen molar-refractivity contribution in [1.82, 2.24) is 25.9 Å². The number of methoxy groups -OCH3 is 1. The predicted molar refractivity (Wildman–Crippen MR) is 211 cm³/mol. The lowest BCUT2D eigenvalue weighted by atomic mass is 9.45. The molecule has 0 radical (unpaired) electrons. The number of aliphatic hydroxyl groups excluding tert-OH is 2. The van der Waals surface area contributed by atoms with Crippen LogP contribution in [0.2, 0.25) is 0 Å². The van der Waals surface area contributed by atoms with Crippen LogP contribution in [-0.4, -0.2) is 109 Å². The number of hydrogen-bond donors (Lipinski definition) is 5. The number of nitrogens with one attached hydrogen (secondary N) is 3. The number of aliphatic hydroxyl groups is 2. The van der Waals surface area contributed by atoms with E-state index in [-0.39, 0.29) is 58.8 Å². The molecular weight excluding hydrogens is 739 g/mol. The largest absolute Gasteiger partial charge is 0.496 e. The summed E-state index contributed by atoms with van der Waals surface area (Å²) in [5, 5.41) is 32.5. The molecule has 3 saturated carbocycles. The van der Waals surface area contributed by atoms with E-state index in [2.05, 4.69) is 36.7 Å². The molecule has 2 aromatic rings.